The average Bonchev–Trinajstić information content (AvgIpc) is 2.30. The Balaban J connectivity index is 2.25. The van der Waals surface area contributed by atoms with Gasteiger partial charge in [-0.05, 0) is 0 Å². The van der Waals surface area contributed by atoms with Gasteiger partial charge in [0.1, 0.15) is 0 Å². The van der Waals surface area contributed by atoms with Gasteiger partial charge in [-0.1, -0.05) is 6.07 Å². The van der Waals surface area contributed by atoms with E-state index in [0.717, 1.165) is 0 Å². The molecule has 92 valence electrons. The molecule has 17 heavy (non-hydrogen) atoms. The van der Waals surface area contributed by atoms with Crippen molar-refractivity contribution < 1.29 is 9.36 Å². The van der Waals surface area contributed by atoms with Gasteiger partial charge in [-0.25, -0.2) is 0 Å². The van der Waals surface area contributed by atoms with Gasteiger partial charge in [0.05, 0.1) is 0 Å². The molecule has 0 saturated heterocycles. The fourth-order valence-electron chi connectivity index (χ4n) is 1.29. The number of aromatic nitrogens is 1. The second-order valence-electron chi connectivity index (χ2n) is 3.53. The summed E-state index contributed by atoms with van der Waals surface area (Å²) < 4.78 is 1.80. The zero-order chi connectivity index (χ0) is 12.5. The third kappa shape index (κ3) is 5.53. The highest BCUT2D eigenvalue weighted by Gasteiger charge is 2.07. The topological polar surface area (TPSA) is 97.0 Å². The Morgan fingerprint density at radius 3 is 2.65 bits per heavy atom. The molecule has 0 unspecified atom stereocenters. The van der Waals surface area contributed by atoms with E-state index < -0.39 is 0 Å². The number of nitrogens with one attached hydrogen (secondary N) is 2. The van der Waals surface area contributed by atoms with Gasteiger partial charge in [0, 0.05) is 37.0 Å². The molecular weight excluding hydrogens is 218 g/mol. The van der Waals surface area contributed by atoms with Crippen LogP contribution in [0.3, 0.4) is 0 Å². The van der Waals surface area contributed by atoms with Crippen LogP contribution in [0.5, 0.6) is 0 Å². The molecule has 1 rings (SSSR count). The Kier molecular flexibility index (Phi) is 5.53. The first-order chi connectivity index (χ1) is 8.22. The molecule has 0 atom stereocenters. The number of nitrogens with two attached hydrogens (primary N) is 2. The minimum Gasteiger partial charge on any atom is -0.401 e. The van der Waals surface area contributed by atoms with Crippen molar-refractivity contribution in [2.75, 3.05) is 6.54 Å². The number of hydrogen-bond acceptors (Lipinski definition) is 4. The summed E-state index contributed by atoms with van der Waals surface area (Å²) in [5, 5.41) is 2.77. The van der Waals surface area contributed by atoms with Crippen LogP contribution in [0.2, 0.25) is 0 Å². The van der Waals surface area contributed by atoms with E-state index in [9.17, 15) is 4.79 Å². The molecule has 0 aliphatic carbocycles. The molecule has 6 heteroatoms. The molecule has 0 aromatic carbocycles. The van der Waals surface area contributed by atoms with E-state index in [4.69, 9.17) is 11.6 Å². The summed E-state index contributed by atoms with van der Waals surface area (Å²) in [6.07, 6.45) is 5.74. The lowest BCUT2D eigenvalue weighted by atomic mass is 10.3. The standard InChI is InChI=1S/C11H17N5O/c12-10(8-15-13)4-5-14-11(17)9-16-6-2-1-3-7-16/h1-3,6-8,15H,4-5,9,12-13H2/p+1/b10-8-. The lowest BCUT2D eigenvalue weighted by Crippen LogP contribution is -2.42. The summed E-state index contributed by atoms with van der Waals surface area (Å²) in [5.41, 5.74) is 8.52. The number of carbonyl (C=O) groups is 1. The van der Waals surface area contributed by atoms with Crippen molar-refractivity contribution in [1.29, 1.82) is 0 Å². The van der Waals surface area contributed by atoms with Crippen molar-refractivity contribution in [3.63, 3.8) is 0 Å². The molecular formula is C11H18N5O+. The molecule has 1 amide bonds. The molecule has 0 saturated carbocycles. The van der Waals surface area contributed by atoms with Crippen molar-refractivity contribution >= 4 is 5.91 Å². The maximum absolute atomic E-state index is 11.5. The highest BCUT2D eigenvalue weighted by atomic mass is 16.1. The number of nitrogens with zero attached hydrogens (tertiary/aromatic N) is 1. The number of hydrazine groups is 1. The predicted molar refractivity (Wildman–Crippen MR) is 63.9 cm³/mol. The summed E-state index contributed by atoms with van der Waals surface area (Å²) in [4.78, 5) is 11.5. The van der Waals surface area contributed by atoms with Gasteiger partial charge in [0.15, 0.2) is 12.4 Å². The molecule has 1 aromatic rings. The fraction of sp³-hybridized carbons (Fsp3) is 0.273. The summed E-state index contributed by atoms with van der Waals surface area (Å²) in [6, 6.07) is 5.65. The average molecular weight is 236 g/mol. The Hall–Kier alpha value is -2.08. The third-order valence-electron chi connectivity index (χ3n) is 2.11. The molecule has 0 spiro atoms. The summed E-state index contributed by atoms with van der Waals surface area (Å²) in [5.74, 6) is 5.02. The fourth-order valence-corrected chi connectivity index (χ4v) is 1.29. The van der Waals surface area contributed by atoms with E-state index in [1.165, 1.54) is 6.20 Å². The normalized spacial score (nSPS) is 11.0. The summed E-state index contributed by atoms with van der Waals surface area (Å²) >= 11 is 0. The number of carbonyl (C=O) groups excluding carboxylic acids is 1. The molecule has 1 heterocycles. The zero-order valence-corrected chi connectivity index (χ0v) is 9.60. The maximum Gasteiger partial charge on any atom is 0.285 e. The van der Waals surface area contributed by atoms with Crippen molar-refractivity contribution in [2.24, 2.45) is 11.6 Å². The van der Waals surface area contributed by atoms with Crippen LogP contribution in [-0.2, 0) is 11.3 Å². The minimum atomic E-state index is -0.0466. The lowest BCUT2D eigenvalue weighted by Gasteiger charge is -2.03. The summed E-state index contributed by atoms with van der Waals surface area (Å²) in [6.45, 7) is 0.801. The van der Waals surface area contributed by atoms with Crippen LogP contribution in [0.4, 0.5) is 0 Å². The first-order valence-corrected chi connectivity index (χ1v) is 5.34. The quantitative estimate of drug-likeness (QED) is 0.282. The van der Waals surface area contributed by atoms with Crippen molar-refractivity contribution in [2.45, 2.75) is 13.0 Å². The van der Waals surface area contributed by atoms with E-state index in [1.54, 1.807) is 4.57 Å². The van der Waals surface area contributed by atoms with E-state index in [-0.39, 0.29) is 5.91 Å². The van der Waals surface area contributed by atoms with Gasteiger partial charge in [0.2, 0.25) is 6.54 Å². The third-order valence-corrected chi connectivity index (χ3v) is 2.11. The SMILES string of the molecule is NN/C=C(\N)CCNC(=O)C[n+]1ccccc1. The Bertz CT molecular complexity index is 377. The second-order valence-corrected chi connectivity index (χ2v) is 3.53. The highest BCUT2D eigenvalue weighted by Crippen LogP contribution is 1.87. The van der Waals surface area contributed by atoms with Crippen LogP contribution in [0.25, 0.3) is 0 Å². The van der Waals surface area contributed by atoms with Crippen molar-refractivity contribution in [1.82, 2.24) is 10.7 Å². The molecule has 0 bridgehead atoms. The van der Waals surface area contributed by atoms with Crippen LogP contribution < -0.4 is 26.9 Å². The van der Waals surface area contributed by atoms with Gasteiger partial charge in [-0.3, -0.25) is 10.6 Å². The number of amides is 1. The van der Waals surface area contributed by atoms with Gasteiger partial charge in [-0.2, -0.15) is 4.57 Å². The second kappa shape index (κ2) is 7.24. The van der Waals surface area contributed by atoms with Crippen LogP contribution in [0.15, 0.2) is 42.5 Å². The van der Waals surface area contributed by atoms with Gasteiger partial charge in [-0.15, -0.1) is 0 Å². The van der Waals surface area contributed by atoms with E-state index >= 15 is 0 Å². The van der Waals surface area contributed by atoms with E-state index in [0.29, 0.717) is 25.2 Å². The molecule has 0 radical (unpaired) electrons. The lowest BCUT2D eigenvalue weighted by molar-refractivity contribution is -0.684. The van der Waals surface area contributed by atoms with Crippen LogP contribution in [-0.4, -0.2) is 12.5 Å². The highest BCUT2D eigenvalue weighted by molar-refractivity contribution is 5.74. The molecule has 0 aliphatic heterocycles. The first-order valence-electron chi connectivity index (χ1n) is 5.34. The molecule has 6 nitrogen and oxygen atoms in total. The predicted octanol–water partition coefficient (Wildman–Crippen LogP) is -1.26. The zero-order valence-electron chi connectivity index (χ0n) is 9.60. The van der Waals surface area contributed by atoms with Crippen LogP contribution in [0, 0.1) is 0 Å². The van der Waals surface area contributed by atoms with E-state index in [1.807, 2.05) is 30.6 Å². The Morgan fingerprint density at radius 1 is 1.29 bits per heavy atom. The largest absolute Gasteiger partial charge is 0.401 e. The first kappa shape index (κ1) is 13.0. The number of rotatable bonds is 6. The monoisotopic (exact) mass is 236 g/mol. The number of hydrogen-bond donors (Lipinski definition) is 4. The Labute approximate surface area is 100 Å². The van der Waals surface area contributed by atoms with Gasteiger partial charge < -0.3 is 16.5 Å². The molecule has 0 fully saturated rings. The van der Waals surface area contributed by atoms with Gasteiger partial charge in [0.25, 0.3) is 5.91 Å². The van der Waals surface area contributed by atoms with Crippen molar-refractivity contribution in [3.8, 4) is 0 Å². The van der Waals surface area contributed by atoms with Crippen LogP contribution >= 0.6 is 0 Å². The maximum atomic E-state index is 11.5. The van der Waals surface area contributed by atoms with E-state index in [2.05, 4.69) is 10.7 Å². The number of pyridine rings is 1. The smallest absolute Gasteiger partial charge is 0.285 e. The molecule has 0 aliphatic rings. The molecule has 6 N–H and O–H groups in total. The molecule has 1 aromatic heterocycles. The minimum absolute atomic E-state index is 0.0466. The van der Waals surface area contributed by atoms with Gasteiger partial charge >= 0.3 is 0 Å². The van der Waals surface area contributed by atoms with Crippen molar-refractivity contribution in [3.05, 3.63) is 42.5 Å². The summed E-state index contributed by atoms with van der Waals surface area (Å²) in [7, 11) is 0. The van der Waals surface area contributed by atoms with Crippen LogP contribution in [0.1, 0.15) is 6.42 Å². The Morgan fingerprint density at radius 2 is 2.00 bits per heavy atom.